The summed E-state index contributed by atoms with van der Waals surface area (Å²) in [4.78, 5) is 52.7. The normalized spacial score (nSPS) is 38.4. The minimum Gasteiger partial charge on any atom is -0.481 e. The predicted octanol–water partition coefficient (Wildman–Crippen LogP) is 8.67. The number of Topliss-reactive ketones (excluding diaryl/α,β-unsaturated/α-hetero) is 1. The number of halogens is 2. The summed E-state index contributed by atoms with van der Waals surface area (Å²) >= 11 is 6.00. The van der Waals surface area contributed by atoms with Crippen LogP contribution in [-0.4, -0.2) is 71.5 Å². The number of ketones is 1. The molecular weight excluding hydrogens is 809 g/mol. The van der Waals surface area contributed by atoms with E-state index in [1.165, 1.54) is 12.1 Å². The van der Waals surface area contributed by atoms with Gasteiger partial charge in [-0.05, 0) is 140 Å². The van der Waals surface area contributed by atoms with Crippen LogP contribution in [0.2, 0.25) is 5.02 Å². The van der Waals surface area contributed by atoms with E-state index in [1.807, 2.05) is 13.8 Å². The highest BCUT2D eigenvalue weighted by Crippen LogP contribution is 2.77. The van der Waals surface area contributed by atoms with Gasteiger partial charge in [0.1, 0.15) is 6.10 Å². The maximum atomic E-state index is 16.4. The van der Waals surface area contributed by atoms with Crippen LogP contribution in [-0.2, 0) is 19.1 Å². The van der Waals surface area contributed by atoms with Gasteiger partial charge in [0.2, 0.25) is 0 Å². The minimum absolute atomic E-state index is 0.00161. The van der Waals surface area contributed by atoms with Crippen molar-refractivity contribution in [2.45, 2.75) is 151 Å². The van der Waals surface area contributed by atoms with Crippen molar-refractivity contribution in [2.24, 2.45) is 73.7 Å². The van der Waals surface area contributed by atoms with Crippen molar-refractivity contribution in [3.8, 4) is 0 Å². The molecule has 6 aliphatic rings. The molecule has 0 bridgehead atoms. The molecule has 0 aliphatic heterocycles. The monoisotopic (exact) mass is 882 g/mol. The number of hydrogen-bond donors (Lipinski definition) is 5. The number of hydrogen-bond acceptors (Lipinski definition) is 8. The molecule has 0 aromatic heterocycles. The molecule has 62 heavy (non-hydrogen) atoms. The van der Waals surface area contributed by atoms with Crippen LogP contribution >= 0.6 is 11.6 Å². The molecular formula is C50H73ClFN3O7. The van der Waals surface area contributed by atoms with E-state index in [1.54, 1.807) is 12.1 Å². The number of aliphatic hydroxyl groups excluding tert-OH is 1. The van der Waals surface area contributed by atoms with Crippen molar-refractivity contribution in [3.05, 3.63) is 46.0 Å². The van der Waals surface area contributed by atoms with E-state index in [0.29, 0.717) is 29.7 Å². The number of carboxylic acid groups (broad SMARTS) is 1. The summed E-state index contributed by atoms with van der Waals surface area (Å²) in [5, 5.41) is 28.1. The number of carboxylic acids is 1. The predicted molar refractivity (Wildman–Crippen MR) is 238 cm³/mol. The van der Waals surface area contributed by atoms with Gasteiger partial charge < -0.3 is 31.3 Å². The second-order valence-corrected chi connectivity index (χ2v) is 23.2. The highest BCUT2D eigenvalue weighted by atomic mass is 35.5. The molecule has 6 aliphatic carbocycles. The lowest BCUT2D eigenvalue weighted by atomic mass is 9.33. The molecule has 12 heteroatoms. The van der Waals surface area contributed by atoms with Crippen molar-refractivity contribution in [1.29, 1.82) is 0 Å². The molecule has 7 rings (SSSR count). The van der Waals surface area contributed by atoms with E-state index < -0.39 is 46.4 Å². The van der Waals surface area contributed by atoms with Crippen LogP contribution < -0.4 is 16.4 Å². The number of rotatable bonds is 13. The number of aliphatic hydroxyl groups is 1. The summed E-state index contributed by atoms with van der Waals surface area (Å²) in [7, 11) is 0. The largest absolute Gasteiger partial charge is 0.481 e. The molecule has 10 nitrogen and oxygen atoms in total. The summed E-state index contributed by atoms with van der Waals surface area (Å²) < 4.78 is 22.8. The van der Waals surface area contributed by atoms with Crippen LogP contribution in [0.15, 0.2) is 35.4 Å². The number of carbonyl (C=O) groups excluding carboxylic acids is 3. The molecule has 1 amide bonds. The Balaban J connectivity index is 1.09. The van der Waals surface area contributed by atoms with Gasteiger partial charge in [-0.25, -0.2) is 4.39 Å². The number of nitrogens with two attached hydrogens (primary N) is 1. The number of carbonyl (C=O) groups is 4. The van der Waals surface area contributed by atoms with Crippen LogP contribution in [0.1, 0.15) is 143 Å². The Labute approximate surface area is 373 Å². The number of aliphatic carboxylic acids is 1. The van der Waals surface area contributed by atoms with Gasteiger partial charge in [0.25, 0.3) is 5.91 Å². The Morgan fingerprint density at radius 2 is 1.60 bits per heavy atom. The number of nitrogens with one attached hydrogen (secondary N) is 2. The zero-order chi connectivity index (χ0) is 45.6. The molecule has 1 aromatic rings. The Morgan fingerprint density at radius 3 is 2.21 bits per heavy atom. The van der Waals surface area contributed by atoms with E-state index in [-0.39, 0.29) is 89.4 Å². The fraction of sp³-hybridized carbons (Fsp3) is 0.760. The maximum absolute atomic E-state index is 16.4. The van der Waals surface area contributed by atoms with Gasteiger partial charge in [0.15, 0.2) is 11.6 Å². The lowest BCUT2D eigenvalue weighted by molar-refractivity contribution is -0.238. The molecule has 0 radical (unpaired) electrons. The summed E-state index contributed by atoms with van der Waals surface area (Å²) in [6.07, 6.45) is 6.41. The van der Waals surface area contributed by atoms with Gasteiger partial charge >= 0.3 is 11.9 Å². The lowest BCUT2D eigenvalue weighted by Crippen LogP contribution is -2.66. The number of ether oxygens (including phenoxy) is 1. The number of fused-ring (bicyclic) bond motifs is 7. The molecule has 0 heterocycles. The summed E-state index contributed by atoms with van der Waals surface area (Å²) in [5.74, 6) is -3.88. The highest BCUT2D eigenvalue weighted by molar-refractivity contribution is 6.30. The standard InChI is InChI=1S/C50H73ClFN3O7/c1-28(2)39-34(56)25-49(37(57)26-54-27-50(52,22-23-53)55-41(58)29-10-12-30(51)13-11-29)21-20-47(8)31(40(39)49)14-15-36-46(7)18-17-38(45(5,6)35(46)16-19-48(36,47)9)62-43(61)33-24-32(42(59)60)44(33,3)4/h10-13,28,31-33,35-38,54,57H,14-27,53H2,1-9H3,(H,55,58)(H,59,60)/t31-,32+,33-,35+,36-,37+,38+,46+,47-,48-,49+,50?/m1/s1. The number of benzene rings is 1. The van der Waals surface area contributed by atoms with Crippen LogP contribution in [0.25, 0.3) is 0 Å². The van der Waals surface area contributed by atoms with Gasteiger partial charge in [-0.1, -0.05) is 79.5 Å². The Bertz CT molecular complexity index is 1990. The van der Waals surface area contributed by atoms with E-state index in [4.69, 9.17) is 22.1 Å². The Morgan fingerprint density at radius 1 is 0.919 bits per heavy atom. The van der Waals surface area contributed by atoms with Gasteiger partial charge in [0.05, 0.1) is 17.9 Å². The first-order chi connectivity index (χ1) is 28.8. The number of alkyl halides is 1. The number of amides is 1. The van der Waals surface area contributed by atoms with Crippen molar-refractivity contribution < 1.29 is 38.5 Å². The Kier molecular flexibility index (Phi) is 12.3. The first-order valence-electron chi connectivity index (χ1n) is 23.4. The van der Waals surface area contributed by atoms with Crippen LogP contribution in [0.5, 0.6) is 0 Å². The molecule has 344 valence electrons. The molecule has 5 saturated carbocycles. The highest BCUT2D eigenvalue weighted by Gasteiger charge is 2.71. The van der Waals surface area contributed by atoms with Crippen LogP contribution in [0.3, 0.4) is 0 Å². The quantitative estimate of drug-likeness (QED) is 0.0962. The summed E-state index contributed by atoms with van der Waals surface area (Å²) in [6.45, 7) is 19.7. The average Bonchev–Trinajstić information content (AvgIpc) is 3.49. The molecule has 1 aromatic carbocycles. The van der Waals surface area contributed by atoms with Crippen LogP contribution in [0.4, 0.5) is 4.39 Å². The fourth-order valence-electron chi connectivity index (χ4n) is 15.1. The Hall–Kier alpha value is -2.86. The minimum atomic E-state index is -2.17. The first-order valence-corrected chi connectivity index (χ1v) is 23.8. The lowest BCUT2D eigenvalue weighted by Gasteiger charge is -2.72. The van der Waals surface area contributed by atoms with Gasteiger partial charge in [-0.2, -0.15) is 0 Å². The van der Waals surface area contributed by atoms with Crippen molar-refractivity contribution in [3.63, 3.8) is 0 Å². The maximum Gasteiger partial charge on any atom is 0.309 e. The van der Waals surface area contributed by atoms with E-state index >= 15 is 4.39 Å². The zero-order valence-corrected chi connectivity index (χ0v) is 39.4. The molecule has 6 N–H and O–H groups in total. The van der Waals surface area contributed by atoms with E-state index in [0.717, 1.165) is 56.1 Å². The first kappa shape index (κ1) is 47.1. The zero-order valence-electron chi connectivity index (χ0n) is 38.6. The van der Waals surface area contributed by atoms with E-state index in [2.05, 4.69) is 59.1 Å². The summed E-state index contributed by atoms with van der Waals surface area (Å²) in [5.41, 5.74) is 6.24. The molecule has 1 unspecified atom stereocenters. The third-order valence-corrected chi connectivity index (χ3v) is 19.1. The fourth-order valence-corrected chi connectivity index (χ4v) is 15.3. The van der Waals surface area contributed by atoms with Crippen molar-refractivity contribution >= 4 is 35.2 Å². The third-order valence-electron chi connectivity index (χ3n) is 18.9. The van der Waals surface area contributed by atoms with Crippen molar-refractivity contribution in [2.75, 3.05) is 19.6 Å². The van der Waals surface area contributed by atoms with Crippen LogP contribution in [0, 0.1) is 68.0 Å². The summed E-state index contributed by atoms with van der Waals surface area (Å²) in [6, 6.07) is 6.22. The number of esters is 1. The molecule has 5 fully saturated rings. The topological polar surface area (TPSA) is 168 Å². The molecule has 0 spiro atoms. The molecule has 12 atom stereocenters. The molecule has 0 saturated heterocycles. The van der Waals surface area contributed by atoms with Gasteiger partial charge in [-0.3, -0.25) is 19.2 Å². The van der Waals surface area contributed by atoms with Gasteiger partial charge in [-0.15, -0.1) is 0 Å². The average molecular weight is 883 g/mol. The third kappa shape index (κ3) is 7.29. The van der Waals surface area contributed by atoms with E-state index in [9.17, 15) is 29.4 Å². The second-order valence-electron chi connectivity index (χ2n) is 22.8. The van der Waals surface area contributed by atoms with Crippen molar-refractivity contribution in [1.82, 2.24) is 10.6 Å². The second kappa shape index (κ2) is 16.2. The number of allylic oxidation sites excluding steroid dienone is 1. The smallest absolute Gasteiger partial charge is 0.309 e. The van der Waals surface area contributed by atoms with Gasteiger partial charge in [0, 0.05) is 47.3 Å². The SMILES string of the molecule is CC(C)C1=C2[C@H]3CC[C@@H]4[C@@]5(C)CC[C@H](OC(=O)[C@H]6C[C@@H](C(=O)O)C6(C)C)C(C)(C)[C@@H]5CC[C@@]4(C)[C@]3(C)CC[C@@]2([C@@H](O)CNCC(F)(CCN)NC(=O)c2ccc(Cl)cc2)CC1=O.